The molecular weight excluding hydrogens is 260 g/mol. The Hall–Kier alpha value is -1.80. The standard InChI is InChI=1S/C19H24O2/c1-3-4-13-20-14-12-17-15-16(2)10-11-19(17)21-18-8-6-5-7-9-18/h5-11,15H,3-4,12-14H2,1-2H3. The summed E-state index contributed by atoms with van der Waals surface area (Å²) in [6.07, 6.45) is 3.18. The zero-order valence-corrected chi connectivity index (χ0v) is 13.0. The van der Waals surface area contributed by atoms with Crippen LogP contribution in [0.5, 0.6) is 11.5 Å². The molecule has 0 spiro atoms. The predicted molar refractivity (Wildman–Crippen MR) is 87.1 cm³/mol. The molecule has 0 unspecified atom stereocenters. The second-order valence-electron chi connectivity index (χ2n) is 5.24. The van der Waals surface area contributed by atoms with Crippen LogP contribution in [0.25, 0.3) is 0 Å². The number of benzene rings is 2. The highest BCUT2D eigenvalue weighted by Crippen LogP contribution is 2.26. The molecule has 0 aromatic heterocycles. The Balaban J connectivity index is 2.00. The van der Waals surface area contributed by atoms with Crippen LogP contribution in [0.3, 0.4) is 0 Å². The Bertz CT molecular complexity index is 535. The minimum Gasteiger partial charge on any atom is -0.457 e. The Morgan fingerprint density at radius 3 is 2.52 bits per heavy atom. The average molecular weight is 284 g/mol. The zero-order valence-electron chi connectivity index (χ0n) is 13.0. The molecule has 0 saturated carbocycles. The van der Waals surface area contributed by atoms with Crippen LogP contribution < -0.4 is 4.74 Å². The lowest BCUT2D eigenvalue weighted by Crippen LogP contribution is -2.02. The molecule has 2 rings (SSSR count). The summed E-state index contributed by atoms with van der Waals surface area (Å²) in [7, 11) is 0. The van der Waals surface area contributed by atoms with Crippen molar-refractivity contribution >= 4 is 0 Å². The second kappa shape index (κ2) is 8.48. The molecule has 0 radical (unpaired) electrons. The fourth-order valence-corrected chi connectivity index (χ4v) is 2.15. The summed E-state index contributed by atoms with van der Waals surface area (Å²) in [6, 6.07) is 16.2. The van der Waals surface area contributed by atoms with Gasteiger partial charge in [0.25, 0.3) is 0 Å². The lowest BCUT2D eigenvalue weighted by atomic mass is 10.1. The van der Waals surface area contributed by atoms with Crippen molar-refractivity contribution in [3.8, 4) is 11.5 Å². The van der Waals surface area contributed by atoms with Crippen LogP contribution in [0.4, 0.5) is 0 Å². The molecule has 21 heavy (non-hydrogen) atoms. The first kappa shape index (κ1) is 15.6. The van der Waals surface area contributed by atoms with Crippen molar-refractivity contribution in [1.29, 1.82) is 0 Å². The van der Waals surface area contributed by atoms with Gasteiger partial charge in [-0.25, -0.2) is 0 Å². The zero-order chi connectivity index (χ0) is 14.9. The van der Waals surface area contributed by atoms with E-state index >= 15 is 0 Å². The van der Waals surface area contributed by atoms with Crippen LogP contribution in [0.1, 0.15) is 30.9 Å². The summed E-state index contributed by atoms with van der Waals surface area (Å²) in [6.45, 7) is 5.87. The first-order valence-electron chi connectivity index (χ1n) is 7.69. The molecule has 2 aromatic carbocycles. The molecule has 2 heteroatoms. The first-order valence-corrected chi connectivity index (χ1v) is 7.69. The summed E-state index contributed by atoms with van der Waals surface area (Å²) in [5, 5.41) is 0. The van der Waals surface area contributed by atoms with E-state index in [1.165, 1.54) is 17.5 Å². The summed E-state index contributed by atoms with van der Waals surface area (Å²) in [5.41, 5.74) is 2.45. The second-order valence-corrected chi connectivity index (χ2v) is 5.24. The molecule has 112 valence electrons. The third kappa shape index (κ3) is 5.24. The van der Waals surface area contributed by atoms with E-state index in [9.17, 15) is 0 Å². The number of unbranched alkanes of at least 4 members (excludes halogenated alkanes) is 1. The molecule has 0 aliphatic carbocycles. The monoisotopic (exact) mass is 284 g/mol. The SMILES string of the molecule is CCCCOCCc1cc(C)ccc1Oc1ccccc1. The average Bonchev–Trinajstić information content (AvgIpc) is 2.51. The summed E-state index contributed by atoms with van der Waals surface area (Å²) >= 11 is 0. The highest BCUT2D eigenvalue weighted by atomic mass is 16.5. The van der Waals surface area contributed by atoms with Crippen molar-refractivity contribution < 1.29 is 9.47 Å². The molecule has 0 heterocycles. The van der Waals surface area contributed by atoms with Gasteiger partial charge >= 0.3 is 0 Å². The third-order valence-corrected chi connectivity index (χ3v) is 3.34. The highest BCUT2D eigenvalue weighted by Gasteiger charge is 2.05. The number of para-hydroxylation sites is 1. The number of hydrogen-bond donors (Lipinski definition) is 0. The van der Waals surface area contributed by atoms with Gasteiger partial charge in [-0.2, -0.15) is 0 Å². The lowest BCUT2D eigenvalue weighted by Gasteiger charge is -2.12. The molecular formula is C19H24O2. The van der Waals surface area contributed by atoms with Crippen molar-refractivity contribution in [2.75, 3.05) is 13.2 Å². The van der Waals surface area contributed by atoms with E-state index in [-0.39, 0.29) is 0 Å². The summed E-state index contributed by atoms with van der Waals surface area (Å²) in [4.78, 5) is 0. The van der Waals surface area contributed by atoms with E-state index in [1.807, 2.05) is 36.4 Å². The van der Waals surface area contributed by atoms with Gasteiger partial charge in [0.15, 0.2) is 0 Å². The van der Waals surface area contributed by atoms with Crippen LogP contribution in [0.2, 0.25) is 0 Å². The van der Waals surface area contributed by atoms with Crippen molar-refractivity contribution in [2.45, 2.75) is 33.1 Å². The lowest BCUT2D eigenvalue weighted by molar-refractivity contribution is 0.134. The van der Waals surface area contributed by atoms with Gasteiger partial charge in [0, 0.05) is 6.61 Å². The number of rotatable bonds is 8. The topological polar surface area (TPSA) is 18.5 Å². The van der Waals surface area contributed by atoms with E-state index in [2.05, 4.69) is 26.0 Å². The molecule has 0 aliphatic rings. The highest BCUT2D eigenvalue weighted by molar-refractivity contribution is 5.40. The van der Waals surface area contributed by atoms with E-state index in [0.717, 1.165) is 37.6 Å². The van der Waals surface area contributed by atoms with Gasteiger partial charge in [-0.3, -0.25) is 0 Å². The molecule has 2 nitrogen and oxygen atoms in total. The Morgan fingerprint density at radius 1 is 0.952 bits per heavy atom. The van der Waals surface area contributed by atoms with Gasteiger partial charge < -0.3 is 9.47 Å². The van der Waals surface area contributed by atoms with Gasteiger partial charge in [-0.05, 0) is 43.5 Å². The van der Waals surface area contributed by atoms with Crippen molar-refractivity contribution in [3.05, 3.63) is 59.7 Å². The maximum Gasteiger partial charge on any atom is 0.130 e. The fraction of sp³-hybridized carbons (Fsp3) is 0.368. The Morgan fingerprint density at radius 2 is 1.76 bits per heavy atom. The minimum absolute atomic E-state index is 0.745. The maximum absolute atomic E-state index is 5.99. The van der Waals surface area contributed by atoms with Crippen molar-refractivity contribution in [2.24, 2.45) is 0 Å². The predicted octanol–water partition coefficient (Wildman–Crippen LogP) is 5.15. The quantitative estimate of drug-likeness (QED) is 0.624. The smallest absolute Gasteiger partial charge is 0.130 e. The molecule has 0 fully saturated rings. The number of hydrogen-bond acceptors (Lipinski definition) is 2. The molecule has 2 aromatic rings. The molecule has 0 aliphatic heterocycles. The fourth-order valence-electron chi connectivity index (χ4n) is 2.15. The molecule has 0 bridgehead atoms. The number of aryl methyl sites for hydroxylation is 1. The van der Waals surface area contributed by atoms with Crippen LogP contribution in [0.15, 0.2) is 48.5 Å². The largest absolute Gasteiger partial charge is 0.457 e. The van der Waals surface area contributed by atoms with Crippen LogP contribution >= 0.6 is 0 Å². The van der Waals surface area contributed by atoms with Crippen LogP contribution in [-0.4, -0.2) is 13.2 Å². The minimum atomic E-state index is 0.745. The van der Waals surface area contributed by atoms with E-state index < -0.39 is 0 Å². The molecule has 0 N–H and O–H groups in total. The van der Waals surface area contributed by atoms with E-state index in [1.54, 1.807) is 0 Å². The van der Waals surface area contributed by atoms with Gasteiger partial charge in [0.2, 0.25) is 0 Å². The van der Waals surface area contributed by atoms with Crippen LogP contribution in [0, 0.1) is 6.92 Å². The summed E-state index contributed by atoms with van der Waals surface area (Å²) in [5.74, 6) is 1.79. The van der Waals surface area contributed by atoms with Crippen molar-refractivity contribution in [3.63, 3.8) is 0 Å². The number of ether oxygens (including phenoxy) is 2. The third-order valence-electron chi connectivity index (χ3n) is 3.34. The first-order chi connectivity index (χ1) is 10.3. The van der Waals surface area contributed by atoms with Gasteiger partial charge in [-0.15, -0.1) is 0 Å². The molecule has 0 amide bonds. The Labute approximate surface area is 127 Å². The van der Waals surface area contributed by atoms with Crippen LogP contribution in [-0.2, 0) is 11.2 Å². The van der Waals surface area contributed by atoms with Gasteiger partial charge in [0.05, 0.1) is 6.61 Å². The molecule has 0 saturated heterocycles. The van der Waals surface area contributed by atoms with E-state index in [4.69, 9.17) is 9.47 Å². The molecule has 0 atom stereocenters. The Kier molecular flexibility index (Phi) is 6.29. The summed E-state index contributed by atoms with van der Waals surface area (Å²) < 4.78 is 11.7. The van der Waals surface area contributed by atoms with E-state index in [0.29, 0.717) is 0 Å². The maximum atomic E-state index is 5.99. The van der Waals surface area contributed by atoms with Gasteiger partial charge in [-0.1, -0.05) is 49.2 Å². The van der Waals surface area contributed by atoms with Gasteiger partial charge in [0.1, 0.15) is 11.5 Å². The van der Waals surface area contributed by atoms with Crippen molar-refractivity contribution in [1.82, 2.24) is 0 Å². The normalized spacial score (nSPS) is 10.6.